The summed E-state index contributed by atoms with van der Waals surface area (Å²) >= 11 is 1.48. The van der Waals surface area contributed by atoms with Gasteiger partial charge in [-0.15, -0.1) is 11.3 Å². The van der Waals surface area contributed by atoms with Gasteiger partial charge in [-0.2, -0.15) is 4.99 Å². The molecule has 0 spiro atoms. The van der Waals surface area contributed by atoms with Gasteiger partial charge in [0.05, 0.1) is 19.9 Å². The molecule has 2 aromatic rings. The fourth-order valence-electron chi connectivity index (χ4n) is 2.75. The Balaban J connectivity index is 2.08. The van der Waals surface area contributed by atoms with E-state index in [4.69, 9.17) is 9.47 Å². The minimum Gasteiger partial charge on any atom is -0.497 e. The van der Waals surface area contributed by atoms with Gasteiger partial charge >= 0.3 is 6.03 Å². The lowest BCUT2D eigenvalue weighted by atomic mass is 10.2. The monoisotopic (exact) mass is 347 g/mol. The molecule has 1 aromatic heterocycles. The third-order valence-electron chi connectivity index (χ3n) is 3.98. The highest BCUT2D eigenvalue weighted by Gasteiger charge is 2.18. The number of carbonyl (C=O) groups is 1. The molecule has 1 aromatic carbocycles. The van der Waals surface area contributed by atoms with Crippen LogP contribution in [0.3, 0.4) is 0 Å². The zero-order valence-electron chi connectivity index (χ0n) is 14.1. The van der Waals surface area contributed by atoms with Gasteiger partial charge in [0.25, 0.3) is 0 Å². The Morgan fingerprint density at radius 3 is 2.62 bits per heavy atom. The second-order valence-corrected chi connectivity index (χ2v) is 6.83. The van der Waals surface area contributed by atoms with Crippen LogP contribution < -0.4 is 14.3 Å². The van der Waals surface area contributed by atoms with E-state index in [0.29, 0.717) is 10.6 Å². The van der Waals surface area contributed by atoms with Crippen molar-refractivity contribution in [3.63, 3.8) is 0 Å². The van der Waals surface area contributed by atoms with E-state index in [1.807, 2.05) is 35.9 Å². The summed E-state index contributed by atoms with van der Waals surface area (Å²) in [4.78, 5) is 20.2. The topological polar surface area (TPSA) is 56.1 Å². The predicted molar refractivity (Wildman–Crippen MR) is 93.3 cm³/mol. The smallest absolute Gasteiger partial charge is 0.346 e. The molecule has 6 nitrogen and oxygen atoms in total. The van der Waals surface area contributed by atoms with Crippen LogP contribution in [-0.2, 0) is 0 Å². The molecule has 0 bridgehead atoms. The van der Waals surface area contributed by atoms with Crippen molar-refractivity contribution < 1.29 is 14.3 Å². The highest BCUT2D eigenvalue weighted by atomic mass is 32.1. The maximum Gasteiger partial charge on any atom is 0.346 e. The summed E-state index contributed by atoms with van der Waals surface area (Å²) in [5.74, 6) is 1.42. The van der Waals surface area contributed by atoms with Crippen molar-refractivity contribution in [2.24, 2.45) is 4.99 Å². The van der Waals surface area contributed by atoms with Crippen molar-refractivity contribution in [1.82, 2.24) is 9.47 Å². The van der Waals surface area contributed by atoms with Crippen LogP contribution in [0, 0.1) is 6.92 Å². The van der Waals surface area contributed by atoms with Crippen LogP contribution in [0.1, 0.15) is 17.7 Å². The fraction of sp³-hybridized carbons (Fsp3) is 0.412. The third-order valence-corrected chi connectivity index (χ3v) is 4.88. The Bertz CT molecular complexity index is 804. The number of amides is 2. The molecule has 0 aliphatic carbocycles. The van der Waals surface area contributed by atoms with E-state index >= 15 is 0 Å². The molecule has 0 N–H and O–H groups in total. The zero-order chi connectivity index (χ0) is 17.1. The maximum absolute atomic E-state index is 12.4. The minimum absolute atomic E-state index is 0.176. The van der Waals surface area contributed by atoms with E-state index in [2.05, 4.69) is 4.99 Å². The van der Waals surface area contributed by atoms with Crippen molar-refractivity contribution >= 4 is 17.4 Å². The zero-order valence-corrected chi connectivity index (χ0v) is 14.9. The molecule has 0 saturated carbocycles. The van der Waals surface area contributed by atoms with Gasteiger partial charge in [0.2, 0.25) is 0 Å². The average molecular weight is 347 g/mol. The van der Waals surface area contributed by atoms with E-state index in [-0.39, 0.29) is 6.03 Å². The summed E-state index contributed by atoms with van der Waals surface area (Å²) in [6.07, 6.45) is 4.06. The Morgan fingerprint density at radius 1 is 1.21 bits per heavy atom. The molecule has 128 valence electrons. The van der Waals surface area contributed by atoms with Crippen LogP contribution in [0.2, 0.25) is 0 Å². The highest BCUT2D eigenvalue weighted by Crippen LogP contribution is 2.27. The first kappa shape index (κ1) is 16.6. The van der Waals surface area contributed by atoms with Gasteiger partial charge in [0.1, 0.15) is 11.5 Å². The Morgan fingerprint density at radius 2 is 1.96 bits per heavy atom. The van der Waals surface area contributed by atoms with Gasteiger partial charge in [0, 0.05) is 30.2 Å². The molecule has 24 heavy (non-hydrogen) atoms. The third kappa shape index (κ3) is 3.31. The predicted octanol–water partition coefficient (Wildman–Crippen LogP) is 2.98. The van der Waals surface area contributed by atoms with Gasteiger partial charge in [0.15, 0.2) is 4.80 Å². The first-order valence-corrected chi connectivity index (χ1v) is 8.69. The highest BCUT2D eigenvalue weighted by molar-refractivity contribution is 7.09. The van der Waals surface area contributed by atoms with E-state index in [1.54, 1.807) is 19.1 Å². The number of aryl methyl sites for hydroxylation is 1. The molecule has 2 amide bonds. The van der Waals surface area contributed by atoms with Crippen molar-refractivity contribution in [2.75, 3.05) is 27.3 Å². The van der Waals surface area contributed by atoms with Gasteiger partial charge in [-0.3, -0.25) is 4.57 Å². The van der Waals surface area contributed by atoms with Gasteiger partial charge < -0.3 is 14.4 Å². The minimum atomic E-state index is -0.176. The van der Waals surface area contributed by atoms with Gasteiger partial charge in [-0.25, -0.2) is 4.79 Å². The molecule has 1 aliphatic heterocycles. The number of thiazole rings is 1. The molecule has 1 aliphatic rings. The molecule has 0 atom stereocenters. The maximum atomic E-state index is 12.4. The lowest BCUT2D eigenvalue weighted by molar-refractivity contribution is 0.218. The molecule has 1 fully saturated rings. The van der Waals surface area contributed by atoms with Gasteiger partial charge in [-0.1, -0.05) is 0 Å². The number of methoxy groups -OCH3 is 2. The summed E-state index contributed by atoms with van der Waals surface area (Å²) in [7, 11) is 3.24. The molecule has 1 saturated heterocycles. The summed E-state index contributed by atoms with van der Waals surface area (Å²) in [5.41, 5.74) is 0.800. The number of benzene rings is 1. The number of hydrogen-bond acceptors (Lipinski definition) is 4. The average Bonchev–Trinajstić information content (AvgIpc) is 3.24. The summed E-state index contributed by atoms with van der Waals surface area (Å²) in [5, 5.41) is 0. The van der Waals surface area contributed by atoms with Crippen LogP contribution in [0.5, 0.6) is 11.5 Å². The number of urea groups is 1. The first-order valence-electron chi connectivity index (χ1n) is 7.87. The fourth-order valence-corrected chi connectivity index (χ4v) is 3.57. The summed E-state index contributed by atoms with van der Waals surface area (Å²) in [6, 6.07) is 5.39. The normalized spacial score (nSPS) is 15.0. The Labute approximate surface area is 145 Å². The number of aromatic nitrogens is 1. The van der Waals surface area contributed by atoms with Crippen LogP contribution in [0.4, 0.5) is 4.79 Å². The van der Waals surface area contributed by atoms with E-state index in [1.165, 1.54) is 11.3 Å². The molecule has 7 heteroatoms. The van der Waals surface area contributed by atoms with Crippen LogP contribution in [0.15, 0.2) is 29.4 Å². The van der Waals surface area contributed by atoms with Crippen LogP contribution >= 0.6 is 11.3 Å². The number of hydrogen-bond donors (Lipinski definition) is 0. The number of likely N-dealkylation sites (tertiary alicyclic amines) is 1. The molecular formula is C17H21N3O3S. The van der Waals surface area contributed by atoms with E-state index in [9.17, 15) is 4.79 Å². The van der Waals surface area contributed by atoms with Crippen molar-refractivity contribution in [1.29, 1.82) is 0 Å². The molecule has 0 unspecified atom stereocenters. The van der Waals surface area contributed by atoms with Gasteiger partial charge in [-0.05, 0) is 31.9 Å². The number of nitrogens with zero attached hydrogens (tertiary/aromatic N) is 3. The van der Waals surface area contributed by atoms with Crippen LogP contribution in [0.25, 0.3) is 5.69 Å². The van der Waals surface area contributed by atoms with Crippen LogP contribution in [-0.4, -0.2) is 42.8 Å². The SMILES string of the molecule is COc1ccc(OC)c(-n2cc(C)s/c2=N\C(=O)N2CCCC2)c1. The first-order chi connectivity index (χ1) is 11.6. The van der Waals surface area contributed by atoms with E-state index < -0.39 is 0 Å². The van der Waals surface area contributed by atoms with Crippen molar-refractivity contribution in [3.8, 4) is 17.2 Å². The Hall–Kier alpha value is -2.28. The van der Waals surface area contributed by atoms with Crippen molar-refractivity contribution in [3.05, 3.63) is 34.1 Å². The number of ether oxygens (including phenoxy) is 2. The quantitative estimate of drug-likeness (QED) is 0.858. The van der Waals surface area contributed by atoms with Crippen molar-refractivity contribution in [2.45, 2.75) is 19.8 Å². The summed E-state index contributed by atoms with van der Waals surface area (Å²) < 4.78 is 12.7. The molecule has 2 heterocycles. The Kier molecular flexibility index (Phi) is 4.89. The molecular weight excluding hydrogens is 326 g/mol. The lowest BCUT2D eigenvalue weighted by Gasteiger charge is -2.12. The largest absolute Gasteiger partial charge is 0.497 e. The number of carbonyl (C=O) groups excluding carboxylic acids is 1. The standard InChI is InChI=1S/C17H21N3O3S/c1-12-11-20(14-10-13(22-2)6-7-15(14)23-3)17(24-12)18-16(21)19-8-4-5-9-19/h6-7,10-11H,4-5,8-9H2,1-3H3/b18-17-. The molecule has 0 radical (unpaired) electrons. The second-order valence-electron chi connectivity index (χ2n) is 5.62. The number of rotatable bonds is 3. The van der Waals surface area contributed by atoms with E-state index in [0.717, 1.165) is 42.2 Å². The summed E-state index contributed by atoms with van der Waals surface area (Å²) in [6.45, 7) is 3.57. The second kappa shape index (κ2) is 7.09. The molecule has 3 rings (SSSR count). The lowest BCUT2D eigenvalue weighted by Crippen LogP contribution is -2.27.